The molecule has 5 heteroatoms. The summed E-state index contributed by atoms with van der Waals surface area (Å²) >= 11 is 0. The molecule has 0 bridgehead atoms. The summed E-state index contributed by atoms with van der Waals surface area (Å²) in [6.07, 6.45) is 8.46. The first kappa shape index (κ1) is 13.1. The van der Waals surface area contributed by atoms with Gasteiger partial charge in [0, 0.05) is 31.7 Å². The zero-order valence-corrected chi connectivity index (χ0v) is 12.1. The number of aryl methyl sites for hydroxylation is 1. The highest BCUT2D eigenvalue weighted by Crippen LogP contribution is 2.32. The molecule has 2 fully saturated rings. The maximum Gasteiger partial charge on any atom is 0.140 e. The van der Waals surface area contributed by atoms with Crippen molar-refractivity contribution in [2.24, 2.45) is 7.05 Å². The summed E-state index contributed by atoms with van der Waals surface area (Å²) in [5.41, 5.74) is 0.364. The molecule has 1 atom stereocenters. The Morgan fingerprint density at radius 3 is 2.84 bits per heavy atom. The van der Waals surface area contributed by atoms with Gasteiger partial charge in [0.1, 0.15) is 12.2 Å². The van der Waals surface area contributed by atoms with E-state index < -0.39 is 0 Å². The lowest BCUT2D eigenvalue weighted by molar-refractivity contribution is 0.0547. The van der Waals surface area contributed by atoms with Crippen molar-refractivity contribution >= 4 is 0 Å². The van der Waals surface area contributed by atoms with Crippen LogP contribution in [-0.2, 0) is 13.6 Å². The smallest absolute Gasteiger partial charge is 0.140 e. The molecule has 1 aliphatic heterocycles. The van der Waals surface area contributed by atoms with Gasteiger partial charge in [-0.1, -0.05) is 19.3 Å². The van der Waals surface area contributed by atoms with Crippen LogP contribution in [0.3, 0.4) is 0 Å². The number of nitrogens with one attached hydrogen (secondary N) is 1. The van der Waals surface area contributed by atoms with Gasteiger partial charge in [-0.05, 0) is 19.8 Å². The molecule has 0 aromatic carbocycles. The Kier molecular flexibility index (Phi) is 3.58. The Hall–Kier alpha value is -0.940. The molecule has 1 aliphatic carbocycles. The fraction of sp³-hybridized carbons (Fsp3) is 0.857. The third-order valence-electron chi connectivity index (χ3n) is 4.86. The Morgan fingerprint density at radius 2 is 2.16 bits per heavy atom. The second-order valence-corrected chi connectivity index (χ2v) is 6.28. The molecule has 2 aliphatic rings. The summed E-state index contributed by atoms with van der Waals surface area (Å²) in [6, 6.07) is 0.573. The van der Waals surface area contributed by atoms with Crippen LogP contribution in [-0.4, -0.2) is 44.3 Å². The number of nitrogens with zero attached hydrogens (tertiary/aromatic N) is 4. The van der Waals surface area contributed by atoms with Crippen LogP contribution in [0.4, 0.5) is 0 Å². The minimum Gasteiger partial charge on any atom is -0.308 e. The lowest BCUT2D eigenvalue weighted by Crippen LogP contribution is -2.63. The summed E-state index contributed by atoms with van der Waals surface area (Å²) in [6.45, 7) is 5.47. The maximum atomic E-state index is 4.37. The van der Waals surface area contributed by atoms with Crippen LogP contribution in [0.5, 0.6) is 0 Å². The fourth-order valence-corrected chi connectivity index (χ4v) is 3.51. The van der Waals surface area contributed by atoms with E-state index in [1.165, 1.54) is 32.1 Å². The van der Waals surface area contributed by atoms with E-state index in [0.717, 1.165) is 25.5 Å². The highest BCUT2D eigenvalue weighted by atomic mass is 15.3. The monoisotopic (exact) mass is 263 g/mol. The van der Waals surface area contributed by atoms with Crippen molar-refractivity contribution in [3.63, 3.8) is 0 Å². The van der Waals surface area contributed by atoms with Gasteiger partial charge >= 0.3 is 0 Å². The highest BCUT2D eigenvalue weighted by Gasteiger charge is 2.38. The van der Waals surface area contributed by atoms with Crippen LogP contribution in [0.1, 0.15) is 44.9 Å². The predicted molar refractivity (Wildman–Crippen MR) is 74.7 cm³/mol. The standard InChI is InChI=1S/C14H25N5/c1-12-8-16-14(6-4-3-5-7-14)10-19(12)9-13-15-11-17-18(13)2/h11-12,16H,3-10H2,1-2H3. The first-order valence-electron chi connectivity index (χ1n) is 7.50. The molecule has 106 valence electrons. The third-order valence-corrected chi connectivity index (χ3v) is 4.86. The minimum atomic E-state index is 0.364. The van der Waals surface area contributed by atoms with E-state index in [2.05, 4.69) is 27.2 Å². The van der Waals surface area contributed by atoms with E-state index in [1.54, 1.807) is 6.33 Å². The summed E-state index contributed by atoms with van der Waals surface area (Å²) in [7, 11) is 1.98. The summed E-state index contributed by atoms with van der Waals surface area (Å²) in [5, 5.41) is 8.00. The van der Waals surface area contributed by atoms with Crippen LogP contribution in [0.2, 0.25) is 0 Å². The molecular weight excluding hydrogens is 238 g/mol. The van der Waals surface area contributed by atoms with Gasteiger partial charge in [0.2, 0.25) is 0 Å². The molecule has 0 amide bonds. The Balaban J connectivity index is 1.70. The Bertz CT molecular complexity index is 421. The van der Waals surface area contributed by atoms with Crippen LogP contribution < -0.4 is 5.32 Å². The molecule has 1 saturated heterocycles. The van der Waals surface area contributed by atoms with Crippen molar-refractivity contribution in [1.29, 1.82) is 0 Å². The third kappa shape index (κ3) is 2.67. The molecule has 0 radical (unpaired) electrons. The molecule has 1 aromatic heterocycles. The van der Waals surface area contributed by atoms with E-state index in [0.29, 0.717) is 11.6 Å². The fourth-order valence-electron chi connectivity index (χ4n) is 3.51. The van der Waals surface area contributed by atoms with Gasteiger partial charge in [-0.3, -0.25) is 9.58 Å². The van der Waals surface area contributed by atoms with Crippen molar-refractivity contribution in [3.8, 4) is 0 Å². The lowest BCUT2D eigenvalue weighted by Gasteiger charge is -2.48. The molecule has 1 N–H and O–H groups in total. The van der Waals surface area contributed by atoms with Gasteiger partial charge in [-0.2, -0.15) is 5.10 Å². The zero-order chi connectivity index (χ0) is 13.3. The first-order valence-corrected chi connectivity index (χ1v) is 7.50. The van der Waals surface area contributed by atoms with E-state index in [1.807, 2.05) is 11.7 Å². The average molecular weight is 263 g/mol. The molecule has 2 heterocycles. The number of hydrogen-bond acceptors (Lipinski definition) is 4. The minimum absolute atomic E-state index is 0.364. The van der Waals surface area contributed by atoms with E-state index in [9.17, 15) is 0 Å². The van der Waals surface area contributed by atoms with Crippen LogP contribution in [0, 0.1) is 0 Å². The van der Waals surface area contributed by atoms with E-state index in [-0.39, 0.29) is 0 Å². The molecule has 19 heavy (non-hydrogen) atoms. The average Bonchev–Trinajstić information content (AvgIpc) is 2.81. The second-order valence-electron chi connectivity index (χ2n) is 6.28. The zero-order valence-electron chi connectivity index (χ0n) is 12.1. The molecule has 1 unspecified atom stereocenters. The van der Waals surface area contributed by atoms with Crippen molar-refractivity contribution in [2.45, 2.75) is 57.2 Å². The Labute approximate surface area is 115 Å². The van der Waals surface area contributed by atoms with Crippen molar-refractivity contribution in [1.82, 2.24) is 25.0 Å². The predicted octanol–water partition coefficient (Wildman–Crippen LogP) is 1.31. The highest BCUT2D eigenvalue weighted by molar-refractivity contribution is 5.00. The topological polar surface area (TPSA) is 46.0 Å². The molecular formula is C14H25N5. The van der Waals surface area contributed by atoms with Crippen molar-refractivity contribution in [3.05, 3.63) is 12.2 Å². The largest absolute Gasteiger partial charge is 0.308 e. The SMILES string of the molecule is CC1CNC2(CCCCC2)CN1Cc1ncnn1C. The first-order chi connectivity index (χ1) is 9.19. The number of aromatic nitrogens is 3. The maximum absolute atomic E-state index is 4.37. The van der Waals surface area contributed by atoms with E-state index >= 15 is 0 Å². The quantitative estimate of drug-likeness (QED) is 0.874. The normalized spacial score (nSPS) is 27.8. The molecule has 3 rings (SSSR count). The Morgan fingerprint density at radius 1 is 1.37 bits per heavy atom. The van der Waals surface area contributed by atoms with Crippen LogP contribution in [0.25, 0.3) is 0 Å². The van der Waals surface area contributed by atoms with Crippen LogP contribution >= 0.6 is 0 Å². The molecule has 1 aromatic rings. The lowest BCUT2D eigenvalue weighted by atomic mass is 9.79. The number of rotatable bonds is 2. The van der Waals surface area contributed by atoms with Gasteiger partial charge < -0.3 is 5.32 Å². The molecule has 1 spiro atoms. The molecule has 1 saturated carbocycles. The molecule has 5 nitrogen and oxygen atoms in total. The van der Waals surface area contributed by atoms with Gasteiger partial charge in [0.25, 0.3) is 0 Å². The summed E-state index contributed by atoms with van der Waals surface area (Å²) in [5.74, 6) is 1.07. The van der Waals surface area contributed by atoms with Crippen molar-refractivity contribution in [2.75, 3.05) is 13.1 Å². The van der Waals surface area contributed by atoms with Gasteiger partial charge in [0.15, 0.2) is 0 Å². The van der Waals surface area contributed by atoms with Gasteiger partial charge in [-0.15, -0.1) is 0 Å². The summed E-state index contributed by atoms with van der Waals surface area (Å²) in [4.78, 5) is 6.94. The van der Waals surface area contributed by atoms with Crippen molar-refractivity contribution < 1.29 is 0 Å². The van der Waals surface area contributed by atoms with E-state index in [4.69, 9.17) is 0 Å². The summed E-state index contributed by atoms with van der Waals surface area (Å²) < 4.78 is 1.89. The second kappa shape index (κ2) is 5.21. The number of piperazine rings is 1. The van der Waals surface area contributed by atoms with Gasteiger partial charge in [-0.25, -0.2) is 4.98 Å². The van der Waals surface area contributed by atoms with Gasteiger partial charge in [0.05, 0.1) is 6.54 Å². The van der Waals surface area contributed by atoms with Crippen LogP contribution in [0.15, 0.2) is 6.33 Å². The number of hydrogen-bond donors (Lipinski definition) is 1.